The Morgan fingerprint density at radius 3 is 2.49 bits per heavy atom. The number of hydrogen-bond acceptors (Lipinski definition) is 9. The van der Waals surface area contributed by atoms with Gasteiger partial charge in [-0.2, -0.15) is 15.2 Å². The summed E-state index contributed by atoms with van der Waals surface area (Å²) in [7, 11) is 0. The summed E-state index contributed by atoms with van der Waals surface area (Å²) in [6.45, 7) is 10.2. The molecule has 0 unspecified atom stereocenters. The number of piperidine rings is 1. The third kappa shape index (κ3) is 5.42. The van der Waals surface area contributed by atoms with Gasteiger partial charge in [-0.3, -0.25) is 20.9 Å². The lowest BCUT2D eigenvalue weighted by Crippen LogP contribution is -2.42. The number of hydrazine groups is 1. The molecule has 11 nitrogen and oxygen atoms in total. The highest BCUT2D eigenvalue weighted by molar-refractivity contribution is 5.49. The summed E-state index contributed by atoms with van der Waals surface area (Å²) < 4.78 is 14.8. The predicted molar refractivity (Wildman–Crippen MR) is 147 cm³/mol. The van der Waals surface area contributed by atoms with Gasteiger partial charge in [-0.1, -0.05) is 6.07 Å². The molecule has 2 aliphatic rings. The number of aromatic amines is 1. The van der Waals surface area contributed by atoms with Crippen LogP contribution in [0.4, 0.5) is 22.0 Å². The molecule has 0 amide bonds. The highest BCUT2D eigenvalue weighted by atomic mass is 19.1. The van der Waals surface area contributed by atoms with Gasteiger partial charge in [0.05, 0.1) is 12.4 Å². The number of aromatic nitrogens is 7. The maximum Gasteiger partial charge on any atom is 0.227 e. The number of pyridine rings is 1. The van der Waals surface area contributed by atoms with Crippen LogP contribution in [0.3, 0.4) is 0 Å². The summed E-state index contributed by atoms with van der Waals surface area (Å²) >= 11 is 0. The van der Waals surface area contributed by atoms with Gasteiger partial charge in [0.1, 0.15) is 5.82 Å². The molecule has 6 heterocycles. The fourth-order valence-corrected chi connectivity index (χ4v) is 5.68. The van der Waals surface area contributed by atoms with Gasteiger partial charge in [-0.05, 0) is 63.6 Å². The minimum atomic E-state index is -0.369. The van der Waals surface area contributed by atoms with E-state index in [1.54, 1.807) is 0 Å². The zero-order chi connectivity index (χ0) is 27.0. The second kappa shape index (κ2) is 10.3. The molecule has 3 N–H and O–H groups in total. The second-order valence-electron chi connectivity index (χ2n) is 10.8. The Kier molecular flexibility index (Phi) is 6.63. The lowest BCUT2D eigenvalue weighted by molar-refractivity contribution is 0.183. The Morgan fingerprint density at radius 1 is 1.00 bits per heavy atom. The average molecular weight is 532 g/mol. The molecular formula is C27H34FN11. The number of halogens is 1. The molecule has 0 aromatic carbocycles. The highest BCUT2D eigenvalue weighted by Gasteiger charge is 2.42. The third-order valence-corrected chi connectivity index (χ3v) is 8.03. The maximum atomic E-state index is 13.3. The summed E-state index contributed by atoms with van der Waals surface area (Å²) in [5.74, 6) is 2.44. The van der Waals surface area contributed by atoms with Crippen molar-refractivity contribution in [3.8, 4) is 5.82 Å². The van der Waals surface area contributed by atoms with Gasteiger partial charge in [0.2, 0.25) is 5.95 Å². The van der Waals surface area contributed by atoms with E-state index in [0.717, 1.165) is 67.7 Å². The van der Waals surface area contributed by atoms with Crippen molar-refractivity contribution in [1.82, 2.24) is 39.8 Å². The Balaban J connectivity index is 1.05. The number of H-pyrrole nitrogens is 1. The first-order valence-electron chi connectivity index (χ1n) is 13.4. The summed E-state index contributed by atoms with van der Waals surface area (Å²) in [4.78, 5) is 18.9. The first-order valence-corrected chi connectivity index (χ1v) is 13.4. The van der Waals surface area contributed by atoms with Gasteiger partial charge in [0.25, 0.3) is 0 Å². The molecule has 4 aromatic heterocycles. The molecule has 0 bridgehead atoms. The summed E-state index contributed by atoms with van der Waals surface area (Å²) in [6.07, 6.45) is 7.83. The van der Waals surface area contributed by atoms with Gasteiger partial charge in [0, 0.05) is 55.4 Å². The molecule has 2 aliphatic heterocycles. The van der Waals surface area contributed by atoms with Gasteiger partial charge in [-0.15, -0.1) is 0 Å². The van der Waals surface area contributed by atoms with E-state index >= 15 is 0 Å². The molecule has 0 saturated carbocycles. The van der Waals surface area contributed by atoms with Crippen LogP contribution in [0.2, 0.25) is 0 Å². The smallest absolute Gasteiger partial charge is 0.227 e. The Hall–Kier alpha value is -4.06. The Morgan fingerprint density at radius 2 is 1.79 bits per heavy atom. The largest absolute Gasteiger partial charge is 0.341 e. The lowest BCUT2D eigenvalue weighted by Gasteiger charge is -2.40. The lowest BCUT2D eigenvalue weighted by atomic mass is 9.78. The van der Waals surface area contributed by atoms with Gasteiger partial charge < -0.3 is 4.90 Å². The van der Waals surface area contributed by atoms with E-state index in [4.69, 9.17) is 9.97 Å². The Labute approximate surface area is 226 Å². The molecule has 0 radical (unpaired) electrons. The zero-order valence-corrected chi connectivity index (χ0v) is 22.5. The van der Waals surface area contributed by atoms with Crippen LogP contribution in [0.25, 0.3) is 5.82 Å². The fraction of sp³-hybridized carbons (Fsp3) is 0.444. The fourth-order valence-electron chi connectivity index (χ4n) is 5.68. The van der Waals surface area contributed by atoms with Gasteiger partial charge in [0.15, 0.2) is 17.5 Å². The summed E-state index contributed by atoms with van der Waals surface area (Å²) in [5.41, 5.74) is 9.61. The van der Waals surface area contributed by atoms with Crippen LogP contribution in [-0.4, -0.2) is 66.0 Å². The normalized spacial score (nSPS) is 18.0. The standard InChI is InChI=1S/C27H34FN11/c1-18-12-23(34-36-24-13-19(2)33-35-24)32-26(31-18)37-9-6-27(7-10-37)8-11-38(17-27)20(3)21-4-5-25(29-14-21)39-16-22(28)15-30-39/h4-5,12-16,20H,6-11,17H2,1-3H3,(H,31,32,34)(H2,33,35,36)/t20-/m0/s1. The van der Waals surface area contributed by atoms with Crippen molar-refractivity contribution < 1.29 is 4.39 Å². The molecule has 0 aliphatic carbocycles. The predicted octanol–water partition coefficient (Wildman–Crippen LogP) is 4.03. The SMILES string of the molecule is Cc1cc(NNc2cc(C)[nH]n2)nc(N2CCC3(CC2)CCN([C@@H](C)c2ccc(-n4cc(F)cn4)nc2)C3)n1. The van der Waals surface area contributed by atoms with Crippen LogP contribution in [0.5, 0.6) is 0 Å². The quantitative estimate of drug-likeness (QED) is 0.304. The number of aryl methyl sites for hydroxylation is 2. The third-order valence-electron chi connectivity index (χ3n) is 8.03. The van der Waals surface area contributed by atoms with Crippen molar-refractivity contribution in [2.45, 2.75) is 46.1 Å². The summed E-state index contributed by atoms with van der Waals surface area (Å²) in [6, 6.07) is 8.08. The molecule has 4 aromatic rings. The van der Waals surface area contributed by atoms with Crippen molar-refractivity contribution in [3.05, 3.63) is 65.6 Å². The zero-order valence-electron chi connectivity index (χ0n) is 22.5. The van der Waals surface area contributed by atoms with Crippen molar-refractivity contribution in [1.29, 1.82) is 0 Å². The van der Waals surface area contributed by atoms with E-state index in [0.29, 0.717) is 17.1 Å². The maximum absolute atomic E-state index is 13.3. The van der Waals surface area contributed by atoms with Crippen molar-refractivity contribution in [2.75, 3.05) is 41.9 Å². The number of nitrogens with zero attached hydrogens (tertiary/aromatic N) is 8. The number of hydrogen-bond donors (Lipinski definition) is 3. The van der Waals surface area contributed by atoms with Crippen LogP contribution in [0.15, 0.2) is 42.9 Å². The molecule has 1 spiro atoms. The average Bonchev–Trinajstić information content (AvgIpc) is 3.68. The number of anilines is 3. The van der Waals surface area contributed by atoms with Crippen molar-refractivity contribution in [3.63, 3.8) is 0 Å². The van der Waals surface area contributed by atoms with Gasteiger partial charge >= 0.3 is 0 Å². The molecule has 2 saturated heterocycles. The molecule has 1 atom stereocenters. The van der Waals surface area contributed by atoms with Crippen molar-refractivity contribution in [2.24, 2.45) is 5.41 Å². The van der Waals surface area contributed by atoms with Crippen LogP contribution >= 0.6 is 0 Å². The highest BCUT2D eigenvalue weighted by Crippen LogP contribution is 2.43. The number of likely N-dealkylation sites (tertiary alicyclic amines) is 1. The van der Waals surface area contributed by atoms with E-state index in [-0.39, 0.29) is 11.9 Å². The van der Waals surface area contributed by atoms with Crippen LogP contribution < -0.4 is 15.8 Å². The van der Waals surface area contributed by atoms with E-state index in [9.17, 15) is 4.39 Å². The van der Waals surface area contributed by atoms with Crippen LogP contribution in [-0.2, 0) is 0 Å². The monoisotopic (exact) mass is 531 g/mol. The van der Waals surface area contributed by atoms with Crippen LogP contribution in [0.1, 0.15) is 49.2 Å². The molecule has 204 valence electrons. The number of rotatable bonds is 7. The molecule has 12 heteroatoms. The van der Waals surface area contributed by atoms with E-state index < -0.39 is 0 Å². The topological polar surface area (TPSA) is 116 Å². The summed E-state index contributed by atoms with van der Waals surface area (Å²) in [5, 5.41) is 11.1. The van der Waals surface area contributed by atoms with Crippen LogP contribution in [0, 0.1) is 25.1 Å². The minimum absolute atomic E-state index is 0.262. The molecule has 6 rings (SSSR count). The van der Waals surface area contributed by atoms with E-state index in [1.165, 1.54) is 23.5 Å². The second-order valence-corrected chi connectivity index (χ2v) is 10.8. The molecule has 39 heavy (non-hydrogen) atoms. The van der Waals surface area contributed by atoms with E-state index in [2.05, 4.69) is 53.9 Å². The number of nitrogens with one attached hydrogen (secondary N) is 3. The minimum Gasteiger partial charge on any atom is -0.341 e. The first kappa shape index (κ1) is 25.2. The molecular weight excluding hydrogens is 497 g/mol. The first-order chi connectivity index (χ1) is 18.9. The van der Waals surface area contributed by atoms with Gasteiger partial charge in [-0.25, -0.2) is 19.0 Å². The van der Waals surface area contributed by atoms with Crippen molar-refractivity contribution >= 4 is 17.6 Å². The Bertz CT molecular complexity index is 1420. The molecule has 2 fully saturated rings. The van der Waals surface area contributed by atoms with E-state index in [1.807, 2.05) is 38.2 Å².